The molecule has 90 valence electrons. The second-order valence-corrected chi connectivity index (χ2v) is 4.46. The normalized spacial score (nSPS) is 10.8. The lowest BCUT2D eigenvalue weighted by Gasteiger charge is -2.13. The highest BCUT2D eigenvalue weighted by Gasteiger charge is 2.10. The summed E-state index contributed by atoms with van der Waals surface area (Å²) < 4.78 is 5.35. The van der Waals surface area contributed by atoms with Crippen LogP contribution in [0.25, 0.3) is 0 Å². The summed E-state index contributed by atoms with van der Waals surface area (Å²) in [6.07, 6.45) is 2.07. The largest absolute Gasteiger partial charge is 0.455 e. The molecule has 6 heteroatoms. The van der Waals surface area contributed by atoms with Crippen molar-refractivity contribution in [3.05, 3.63) is 23.7 Å². The molecule has 0 fully saturated rings. The fraction of sp³-hybridized carbons (Fsp3) is 0.500. The first-order valence-electron chi connectivity index (χ1n) is 4.94. The summed E-state index contributed by atoms with van der Waals surface area (Å²) in [6.45, 7) is 1.68. The van der Waals surface area contributed by atoms with Crippen molar-refractivity contribution in [3.63, 3.8) is 0 Å². The van der Waals surface area contributed by atoms with E-state index in [-0.39, 0.29) is 5.76 Å². The minimum atomic E-state index is -0.405. The first-order chi connectivity index (χ1) is 7.67. The fourth-order valence-corrected chi connectivity index (χ4v) is 1.74. The van der Waals surface area contributed by atoms with Gasteiger partial charge in [-0.05, 0) is 25.4 Å². The third kappa shape index (κ3) is 3.88. The van der Waals surface area contributed by atoms with Gasteiger partial charge in [0.25, 0.3) is 0 Å². The van der Waals surface area contributed by atoms with Gasteiger partial charge in [-0.15, -0.1) is 0 Å². The van der Waals surface area contributed by atoms with Crippen molar-refractivity contribution in [2.24, 2.45) is 5.84 Å². The minimum absolute atomic E-state index is 0.246. The summed E-state index contributed by atoms with van der Waals surface area (Å²) in [5.41, 5.74) is 2.03. The molecule has 0 atom stereocenters. The number of hydrogen-bond acceptors (Lipinski definition) is 5. The van der Waals surface area contributed by atoms with Crippen LogP contribution in [0.2, 0.25) is 0 Å². The number of rotatable bonds is 6. The third-order valence-corrected chi connectivity index (χ3v) is 2.71. The molecule has 0 unspecified atom stereocenters. The highest BCUT2D eigenvalue weighted by Crippen LogP contribution is 2.10. The predicted octanol–water partition coefficient (Wildman–Crippen LogP) is 0.678. The monoisotopic (exact) mass is 243 g/mol. The zero-order valence-electron chi connectivity index (χ0n) is 9.53. The molecular weight excluding hydrogens is 226 g/mol. The van der Waals surface area contributed by atoms with Crippen molar-refractivity contribution in [1.29, 1.82) is 0 Å². The van der Waals surface area contributed by atoms with E-state index in [0.29, 0.717) is 6.54 Å². The maximum absolute atomic E-state index is 11.1. The Hall–Kier alpha value is -0.980. The molecule has 0 aliphatic rings. The summed E-state index contributed by atoms with van der Waals surface area (Å²) in [7, 11) is 2.02. The van der Waals surface area contributed by atoms with Gasteiger partial charge in [0.1, 0.15) is 5.76 Å². The summed E-state index contributed by atoms with van der Waals surface area (Å²) >= 11 is 1.80. The Balaban J connectivity index is 2.48. The number of furan rings is 1. The number of hydrogen-bond donors (Lipinski definition) is 2. The molecule has 0 spiro atoms. The number of carbonyl (C=O) groups is 1. The van der Waals surface area contributed by atoms with Crippen molar-refractivity contribution in [2.45, 2.75) is 6.54 Å². The summed E-state index contributed by atoms with van der Waals surface area (Å²) in [6, 6.07) is 3.42. The molecule has 0 saturated carbocycles. The van der Waals surface area contributed by atoms with Gasteiger partial charge >= 0.3 is 5.91 Å². The van der Waals surface area contributed by atoms with Gasteiger partial charge in [-0.25, -0.2) is 5.84 Å². The van der Waals surface area contributed by atoms with Crippen LogP contribution in [0.3, 0.4) is 0 Å². The number of nitrogen functional groups attached to an aromatic ring is 1. The molecule has 5 nitrogen and oxygen atoms in total. The maximum atomic E-state index is 11.1. The molecule has 0 aromatic carbocycles. The topological polar surface area (TPSA) is 71.5 Å². The van der Waals surface area contributed by atoms with E-state index >= 15 is 0 Å². The Morgan fingerprint density at radius 2 is 2.38 bits per heavy atom. The SMILES string of the molecule is CSCCN(C)Cc1ccc(C(=O)NN)o1. The van der Waals surface area contributed by atoms with Crippen molar-refractivity contribution in [1.82, 2.24) is 10.3 Å². The standard InChI is InChI=1S/C10H17N3O2S/c1-13(5-6-16-2)7-8-3-4-9(15-8)10(14)12-11/h3-4H,5-7,11H2,1-2H3,(H,12,14). The molecule has 0 aliphatic heterocycles. The fourth-order valence-electron chi connectivity index (χ4n) is 1.25. The Morgan fingerprint density at radius 3 is 3.00 bits per heavy atom. The van der Waals surface area contributed by atoms with Crippen LogP contribution >= 0.6 is 11.8 Å². The molecule has 1 aromatic heterocycles. The predicted molar refractivity (Wildman–Crippen MR) is 65.1 cm³/mol. The molecular formula is C10H17N3O2S. The van der Waals surface area contributed by atoms with Crippen molar-refractivity contribution in [3.8, 4) is 0 Å². The Labute approximate surface area is 99.3 Å². The van der Waals surface area contributed by atoms with Crippen LogP contribution in [0.15, 0.2) is 16.5 Å². The van der Waals surface area contributed by atoms with E-state index in [1.807, 2.05) is 12.5 Å². The Kier molecular flexibility index (Phi) is 5.37. The number of nitrogens with one attached hydrogen (secondary N) is 1. The molecule has 1 rings (SSSR count). The molecule has 0 saturated heterocycles. The number of nitrogens with two attached hydrogens (primary N) is 1. The maximum Gasteiger partial charge on any atom is 0.300 e. The van der Waals surface area contributed by atoms with Gasteiger partial charge in [-0.3, -0.25) is 15.1 Å². The minimum Gasteiger partial charge on any atom is -0.455 e. The number of nitrogens with zero attached hydrogens (tertiary/aromatic N) is 1. The van der Waals surface area contributed by atoms with E-state index in [9.17, 15) is 4.79 Å². The van der Waals surface area contributed by atoms with E-state index < -0.39 is 5.91 Å². The second kappa shape index (κ2) is 6.57. The van der Waals surface area contributed by atoms with Gasteiger partial charge in [-0.1, -0.05) is 0 Å². The van der Waals surface area contributed by atoms with Gasteiger partial charge in [0, 0.05) is 12.3 Å². The number of carbonyl (C=O) groups excluding carboxylic acids is 1. The lowest BCUT2D eigenvalue weighted by atomic mass is 10.4. The molecule has 0 bridgehead atoms. The van der Waals surface area contributed by atoms with E-state index in [1.54, 1.807) is 23.9 Å². The van der Waals surface area contributed by atoms with Gasteiger partial charge in [0.2, 0.25) is 0 Å². The van der Waals surface area contributed by atoms with Crippen molar-refractivity contribution >= 4 is 17.7 Å². The first kappa shape index (κ1) is 13.1. The van der Waals surface area contributed by atoms with Crippen LogP contribution < -0.4 is 11.3 Å². The summed E-state index contributed by atoms with van der Waals surface area (Å²) in [5.74, 6) is 6.69. The first-order valence-corrected chi connectivity index (χ1v) is 6.34. The van der Waals surface area contributed by atoms with Crippen molar-refractivity contribution < 1.29 is 9.21 Å². The van der Waals surface area contributed by atoms with Gasteiger partial charge in [0.15, 0.2) is 5.76 Å². The lowest BCUT2D eigenvalue weighted by Crippen LogP contribution is -2.29. The number of thioether (sulfide) groups is 1. The van der Waals surface area contributed by atoms with Gasteiger partial charge < -0.3 is 4.42 Å². The van der Waals surface area contributed by atoms with E-state index in [2.05, 4.69) is 11.2 Å². The average molecular weight is 243 g/mol. The Morgan fingerprint density at radius 1 is 1.62 bits per heavy atom. The van der Waals surface area contributed by atoms with E-state index in [0.717, 1.165) is 18.1 Å². The van der Waals surface area contributed by atoms with Crippen molar-refractivity contribution in [2.75, 3.05) is 25.6 Å². The Bertz CT molecular complexity index is 341. The zero-order valence-corrected chi connectivity index (χ0v) is 10.3. The molecule has 1 amide bonds. The number of amides is 1. The third-order valence-electron chi connectivity index (χ3n) is 2.12. The molecule has 1 aromatic rings. The second-order valence-electron chi connectivity index (χ2n) is 3.47. The van der Waals surface area contributed by atoms with E-state index in [4.69, 9.17) is 10.3 Å². The van der Waals surface area contributed by atoms with Crippen LogP contribution in [0.4, 0.5) is 0 Å². The zero-order chi connectivity index (χ0) is 12.0. The molecule has 1 heterocycles. The summed E-state index contributed by atoms with van der Waals surface area (Å²) in [4.78, 5) is 13.3. The van der Waals surface area contributed by atoms with Crippen LogP contribution in [-0.2, 0) is 6.54 Å². The van der Waals surface area contributed by atoms with Crippen LogP contribution in [-0.4, -0.2) is 36.4 Å². The molecule has 16 heavy (non-hydrogen) atoms. The van der Waals surface area contributed by atoms with Gasteiger partial charge in [0.05, 0.1) is 6.54 Å². The highest BCUT2D eigenvalue weighted by atomic mass is 32.2. The lowest BCUT2D eigenvalue weighted by molar-refractivity contribution is 0.0922. The van der Waals surface area contributed by atoms with Gasteiger partial charge in [-0.2, -0.15) is 11.8 Å². The highest BCUT2D eigenvalue weighted by molar-refractivity contribution is 7.98. The average Bonchev–Trinajstić information content (AvgIpc) is 2.73. The van der Waals surface area contributed by atoms with Crippen LogP contribution in [0, 0.1) is 0 Å². The quantitative estimate of drug-likeness (QED) is 0.437. The van der Waals surface area contributed by atoms with E-state index in [1.165, 1.54) is 0 Å². The molecule has 0 radical (unpaired) electrons. The van der Waals surface area contributed by atoms with Crippen LogP contribution in [0.5, 0.6) is 0 Å². The molecule has 3 N–H and O–H groups in total. The van der Waals surface area contributed by atoms with Crippen LogP contribution in [0.1, 0.15) is 16.3 Å². The summed E-state index contributed by atoms with van der Waals surface area (Å²) in [5, 5.41) is 0. The number of hydrazine groups is 1. The smallest absolute Gasteiger partial charge is 0.300 e. The molecule has 0 aliphatic carbocycles.